The van der Waals surface area contributed by atoms with Gasteiger partial charge in [-0.2, -0.15) is 10.5 Å². The Hall–Kier alpha value is -5.84. The number of nitrogens with zero attached hydrogens (tertiary/aromatic N) is 3. The van der Waals surface area contributed by atoms with Crippen LogP contribution in [0.2, 0.25) is 0 Å². The Labute approximate surface area is 244 Å². The van der Waals surface area contributed by atoms with Gasteiger partial charge in [0.25, 0.3) is 0 Å². The average molecular weight is 531 g/mol. The maximum atomic E-state index is 10.5. The molecule has 2 heterocycles. The molecule has 42 heavy (non-hydrogen) atoms. The Morgan fingerprint density at radius 1 is 0.452 bits per heavy atom. The van der Waals surface area contributed by atoms with E-state index in [1.54, 1.807) is 6.07 Å². The highest BCUT2D eigenvalue weighted by atomic mass is 15.0. The first-order valence-electron chi connectivity index (χ1n) is 14.0. The molecule has 0 fully saturated rings. The molecular weight excluding hydrogens is 509 g/mol. The van der Waals surface area contributed by atoms with Gasteiger partial charge in [-0.25, -0.2) is 0 Å². The molecule has 0 amide bonds. The summed E-state index contributed by atoms with van der Waals surface area (Å²) in [5.41, 5.74) is 11.7. The molecule has 0 saturated carbocycles. The summed E-state index contributed by atoms with van der Waals surface area (Å²) in [5.74, 6) is 0. The predicted molar refractivity (Wildman–Crippen MR) is 172 cm³/mol. The third-order valence-electron chi connectivity index (χ3n) is 8.59. The molecule has 1 aromatic heterocycles. The van der Waals surface area contributed by atoms with Crippen LogP contribution in [0.15, 0.2) is 133 Å². The highest BCUT2D eigenvalue weighted by molar-refractivity contribution is 6.97. The molecule has 0 spiro atoms. The van der Waals surface area contributed by atoms with Crippen LogP contribution in [-0.4, -0.2) is 11.3 Å². The molecule has 6 aromatic carbocycles. The van der Waals surface area contributed by atoms with Crippen LogP contribution in [0.25, 0.3) is 49.7 Å². The lowest BCUT2D eigenvalue weighted by atomic mass is 9.35. The third kappa shape index (κ3) is 3.40. The molecule has 0 unspecified atom stereocenters. The summed E-state index contributed by atoms with van der Waals surface area (Å²) < 4.78 is 2.18. The molecule has 8 rings (SSSR count). The van der Waals surface area contributed by atoms with Crippen molar-refractivity contribution >= 4 is 44.9 Å². The van der Waals surface area contributed by atoms with Gasteiger partial charge in [0.15, 0.2) is 0 Å². The fraction of sp³-hybridized carbons (Fsp3) is 0. The van der Waals surface area contributed by atoms with E-state index < -0.39 is 0 Å². The van der Waals surface area contributed by atoms with E-state index in [9.17, 15) is 10.5 Å². The van der Waals surface area contributed by atoms with Gasteiger partial charge in [0.05, 0.1) is 28.4 Å². The zero-order valence-corrected chi connectivity index (χ0v) is 22.6. The Balaban J connectivity index is 1.50. The van der Waals surface area contributed by atoms with Gasteiger partial charge in [-0.15, -0.1) is 0 Å². The largest absolute Gasteiger partial charge is 0.308 e. The normalized spacial score (nSPS) is 11.7. The second kappa shape index (κ2) is 9.38. The SMILES string of the molecule is N#Cc1cc(C#N)c(-n2c3ccccc3c3ccccc32)cc1B1c2ccccc2-c2ccccc2-c2ccccc21. The topological polar surface area (TPSA) is 52.5 Å². The summed E-state index contributed by atoms with van der Waals surface area (Å²) in [5, 5.41) is 23.2. The zero-order valence-electron chi connectivity index (χ0n) is 22.6. The summed E-state index contributed by atoms with van der Waals surface area (Å²) in [6.45, 7) is -0.209. The van der Waals surface area contributed by atoms with E-state index in [4.69, 9.17) is 0 Å². The molecule has 0 aliphatic carbocycles. The van der Waals surface area contributed by atoms with Crippen molar-refractivity contribution in [2.24, 2.45) is 0 Å². The van der Waals surface area contributed by atoms with Crippen molar-refractivity contribution in [2.75, 3.05) is 0 Å². The first-order chi connectivity index (χ1) is 20.8. The van der Waals surface area contributed by atoms with Crippen LogP contribution in [0, 0.1) is 22.7 Å². The number of para-hydroxylation sites is 2. The zero-order chi connectivity index (χ0) is 28.2. The highest BCUT2D eigenvalue weighted by Crippen LogP contribution is 2.35. The minimum Gasteiger partial charge on any atom is -0.308 e. The molecule has 7 aromatic rings. The minimum atomic E-state index is -0.209. The predicted octanol–water partition coefficient (Wildman–Crippen LogP) is 6.69. The van der Waals surface area contributed by atoms with E-state index in [-0.39, 0.29) is 6.71 Å². The molecule has 4 heteroatoms. The monoisotopic (exact) mass is 531 g/mol. The second-order valence-corrected chi connectivity index (χ2v) is 10.7. The van der Waals surface area contributed by atoms with Gasteiger partial charge in [-0.3, -0.25) is 0 Å². The van der Waals surface area contributed by atoms with E-state index in [1.165, 1.54) is 11.1 Å². The summed E-state index contributed by atoms with van der Waals surface area (Å²) in [6.07, 6.45) is 0. The summed E-state index contributed by atoms with van der Waals surface area (Å²) in [7, 11) is 0. The standard InChI is InChI=1S/C38H22BN3/c40-23-25-21-26(24-41)38(42-36-19-9-5-15-31(36)32-16-6-10-20-37(32)42)22-35(25)39-33-17-7-3-13-29(33)27-11-1-2-12-28(27)30-14-4-8-18-34(30)39/h1-22H. The molecule has 192 valence electrons. The fourth-order valence-corrected chi connectivity index (χ4v) is 6.84. The van der Waals surface area contributed by atoms with Crippen LogP contribution in [0.5, 0.6) is 0 Å². The lowest BCUT2D eigenvalue weighted by molar-refractivity contribution is 1.17. The molecule has 0 saturated heterocycles. The van der Waals surface area contributed by atoms with Crippen molar-refractivity contribution < 1.29 is 0 Å². The number of hydrogen-bond acceptors (Lipinski definition) is 2. The Bertz CT molecular complexity index is 2180. The smallest absolute Gasteiger partial charge is 0.244 e. The summed E-state index contributed by atoms with van der Waals surface area (Å²) in [6, 6.07) is 50.9. The second-order valence-electron chi connectivity index (χ2n) is 10.7. The maximum Gasteiger partial charge on any atom is 0.244 e. The van der Waals surface area contributed by atoms with Crippen LogP contribution >= 0.6 is 0 Å². The van der Waals surface area contributed by atoms with Crippen molar-refractivity contribution in [3.05, 3.63) is 145 Å². The number of hydrogen-bond donors (Lipinski definition) is 0. The average Bonchev–Trinajstić information content (AvgIpc) is 3.33. The minimum absolute atomic E-state index is 0.209. The van der Waals surface area contributed by atoms with Crippen LogP contribution in [0.3, 0.4) is 0 Å². The molecule has 1 aliphatic heterocycles. The summed E-state index contributed by atoms with van der Waals surface area (Å²) in [4.78, 5) is 0. The van der Waals surface area contributed by atoms with Gasteiger partial charge < -0.3 is 4.57 Å². The molecule has 3 nitrogen and oxygen atoms in total. The number of rotatable bonds is 2. The van der Waals surface area contributed by atoms with Gasteiger partial charge in [0.1, 0.15) is 6.07 Å². The van der Waals surface area contributed by atoms with Gasteiger partial charge in [-0.05, 0) is 52.0 Å². The van der Waals surface area contributed by atoms with Crippen molar-refractivity contribution in [2.45, 2.75) is 0 Å². The van der Waals surface area contributed by atoms with Gasteiger partial charge in [-0.1, -0.05) is 120 Å². The third-order valence-corrected chi connectivity index (χ3v) is 8.59. The van der Waals surface area contributed by atoms with E-state index in [0.717, 1.165) is 55.0 Å². The molecule has 0 radical (unpaired) electrons. The van der Waals surface area contributed by atoms with Gasteiger partial charge in [0, 0.05) is 16.3 Å². The van der Waals surface area contributed by atoms with Crippen LogP contribution in [0.4, 0.5) is 0 Å². The van der Waals surface area contributed by atoms with E-state index in [1.807, 2.05) is 24.3 Å². The first kappa shape index (κ1) is 24.0. The number of benzene rings is 6. The van der Waals surface area contributed by atoms with E-state index in [0.29, 0.717) is 11.1 Å². The Kier molecular flexibility index (Phi) is 5.36. The van der Waals surface area contributed by atoms with Crippen molar-refractivity contribution in [3.8, 4) is 40.1 Å². The molecule has 0 atom stereocenters. The molecule has 0 bridgehead atoms. The number of nitriles is 2. The van der Waals surface area contributed by atoms with Gasteiger partial charge in [0.2, 0.25) is 6.71 Å². The highest BCUT2D eigenvalue weighted by Gasteiger charge is 2.33. The maximum absolute atomic E-state index is 10.5. The molecule has 0 N–H and O–H groups in total. The van der Waals surface area contributed by atoms with Crippen molar-refractivity contribution in [1.29, 1.82) is 10.5 Å². The van der Waals surface area contributed by atoms with Crippen LogP contribution < -0.4 is 16.4 Å². The number of aromatic nitrogens is 1. The molecular formula is C38H22BN3. The Morgan fingerprint density at radius 3 is 1.43 bits per heavy atom. The lowest BCUT2D eigenvalue weighted by Gasteiger charge is -2.21. The fourth-order valence-electron chi connectivity index (χ4n) is 6.84. The van der Waals surface area contributed by atoms with Crippen molar-refractivity contribution in [3.63, 3.8) is 0 Å². The Morgan fingerprint density at radius 2 is 0.905 bits per heavy atom. The van der Waals surface area contributed by atoms with E-state index >= 15 is 0 Å². The van der Waals surface area contributed by atoms with Crippen LogP contribution in [-0.2, 0) is 0 Å². The van der Waals surface area contributed by atoms with E-state index in [2.05, 4.69) is 120 Å². The number of fused-ring (bicyclic) bond motifs is 8. The summed E-state index contributed by atoms with van der Waals surface area (Å²) >= 11 is 0. The van der Waals surface area contributed by atoms with Crippen molar-refractivity contribution in [1.82, 2.24) is 4.57 Å². The lowest BCUT2D eigenvalue weighted by Crippen LogP contribution is -2.53. The molecule has 1 aliphatic rings. The first-order valence-corrected chi connectivity index (χ1v) is 14.0. The quantitative estimate of drug-likeness (QED) is 0.234. The van der Waals surface area contributed by atoms with Gasteiger partial charge >= 0.3 is 0 Å². The van der Waals surface area contributed by atoms with Crippen LogP contribution in [0.1, 0.15) is 11.1 Å².